The summed E-state index contributed by atoms with van der Waals surface area (Å²) in [7, 11) is 0. The Kier molecular flexibility index (Phi) is 72.4. The topological polar surface area (TPSA) is 95.9 Å². The van der Waals surface area contributed by atoms with Crippen molar-refractivity contribution in [3.8, 4) is 0 Å². The Balaban J connectivity index is 3.42. The quantitative estimate of drug-likeness (QED) is 0.0320. The van der Waals surface area contributed by atoms with Crippen LogP contribution in [-0.2, 0) is 14.3 Å². The Morgan fingerprint density at radius 3 is 0.906 bits per heavy atom. The van der Waals surface area contributed by atoms with Crippen LogP contribution in [-0.4, -0.2) is 47.4 Å². The van der Waals surface area contributed by atoms with Gasteiger partial charge < -0.3 is 20.3 Å². The molecule has 0 saturated heterocycles. The molecule has 0 aromatic carbocycles. The average molecular weight is 1190 g/mol. The van der Waals surface area contributed by atoms with Gasteiger partial charge in [-0.3, -0.25) is 9.59 Å². The lowest BCUT2D eigenvalue weighted by molar-refractivity contribution is -0.143. The van der Waals surface area contributed by atoms with Crippen LogP contribution in [0.2, 0.25) is 0 Å². The second-order valence-electron chi connectivity index (χ2n) is 26.3. The molecule has 0 saturated carbocycles. The first kappa shape index (κ1) is 82.8. The summed E-state index contributed by atoms with van der Waals surface area (Å²) >= 11 is 0. The summed E-state index contributed by atoms with van der Waals surface area (Å²) in [6.07, 6.45) is 97.8. The number of aliphatic hydroxyl groups is 2. The van der Waals surface area contributed by atoms with Crippen LogP contribution in [0.3, 0.4) is 0 Å². The zero-order chi connectivity index (χ0) is 61.3. The number of carbonyl (C=O) groups is 2. The molecular weight excluding hydrogens is 1040 g/mol. The molecular formula is C79H149NO5. The van der Waals surface area contributed by atoms with E-state index in [4.69, 9.17) is 4.74 Å². The lowest BCUT2D eigenvalue weighted by Gasteiger charge is -2.20. The summed E-state index contributed by atoms with van der Waals surface area (Å²) in [6, 6.07) is -0.631. The molecule has 0 aromatic rings. The summed E-state index contributed by atoms with van der Waals surface area (Å²) < 4.78 is 5.50. The van der Waals surface area contributed by atoms with Crippen molar-refractivity contribution in [3.05, 3.63) is 48.6 Å². The van der Waals surface area contributed by atoms with E-state index >= 15 is 0 Å². The highest BCUT2D eigenvalue weighted by molar-refractivity contribution is 5.76. The first-order chi connectivity index (χ1) is 42.0. The van der Waals surface area contributed by atoms with Crippen LogP contribution >= 0.6 is 0 Å². The number of hydrogen-bond acceptors (Lipinski definition) is 5. The van der Waals surface area contributed by atoms with E-state index in [0.29, 0.717) is 19.4 Å². The molecule has 0 heterocycles. The molecule has 0 aliphatic heterocycles. The van der Waals surface area contributed by atoms with Gasteiger partial charge in [-0.25, -0.2) is 0 Å². The SMILES string of the molecule is CCCCCCCC/C=C\CCCCCCCCCC(=O)OCCCCCCCCCCC/C=C\C/C=C\CCCCCCCCCCCCCCCC(=O)NC(CO)C(O)/C=C/CCCCCCCCCCCCCCCCCCCCCC. The fraction of sp³-hybridized carbons (Fsp3) is 0.873. The van der Waals surface area contributed by atoms with E-state index in [1.807, 2.05) is 6.08 Å². The largest absolute Gasteiger partial charge is 0.466 e. The van der Waals surface area contributed by atoms with Gasteiger partial charge in [-0.1, -0.05) is 364 Å². The highest BCUT2D eigenvalue weighted by atomic mass is 16.5. The van der Waals surface area contributed by atoms with Gasteiger partial charge in [0.05, 0.1) is 25.4 Å². The zero-order valence-corrected chi connectivity index (χ0v) is 57.4. The van der Waals surface area contributed by atoms with Gasteiger partial charge >= 0.3 is 5.97 Å². The Hall–Kier alpha value is -2.18. The third-order valence-corrected chi connectivity index (χ3v) is 17.8. The zero-order valence-electron chi connectivity index (χ0n) is 57.4. The smallest absolute Gasteiger partial charge is 0.305 e. The maximum absolute atomic E-state index is 12.5. The van der Waals surface area contributed by atoms with Gasteiger partial charge in [-0.05, 0) is 89.9 Å². The van der Waals surface area contributed by atoms with Crippen molar-refractivity contribution in [3.63, 3.8) is 0 Å². The van der Waals surface area contributed by atoms with Crippen molar-refractivity contribution in [1.82, 2.24) is 5.32 Å². The van der Waals surface area contributed by atoms with Crippen molar-refractivity contribution < 1.29 is 24.5 Å². The number of aliphatic hydroxyl groups excluding tert-OH is 2. The summed E-state index contributed by atoms with van der Waals surface area (Å²) in [6.45, 7) is 4.93. The minimum Gasteiger partial charge on any atom is -0.466 e. The van der Waals surface area contributed by atoms with Crippen LogP contribution < -0.4 is 5.32 Å². The van der Waals surface area contributed by atoms with Crippen LogP contribution in [0, 0.1) is 0 Å². The van der Waals surface area contributed by atoms with E-state index in [9.17, 15) is 19.8 Å². The normalized spacial score (nSPS) is 12.8. The second kappa shape index (κ2) is 74.3. The van der Waals surface area contributed by atoms with E-state index in [1.165, 1.54) is 340 Å². The molecule has 1 amide bonds. The van der Waals surface area contributed by atoms with Crippen molar-refractivity contribution in [2.45, 2.75) is 431 Å². The van der Waals surface area contributed by atoms with Crippen molar-refractivity contribution in [2.75, 3.05) is 13.2 Å². The van der Waals surface area contributed by atoms with E-state index in [1.54, 1.807) is 6.08 Å². The van der Waals surface area contributed by atoms with E-state index in [-0.39, 0.29) is 18.5 Å². The summed E-state index contributed by atoms with van der Waals surface area (Å²) in [4.78, 5) is 24.6. The van der Waals surface area contributed by atoms with Gasteiger partial charge in [0.15, 0.2) is 0 Å². The minimum atomic E-state index is -0.847. The molecule has 85 heavy (non-hydrogen) atoms. The van der Waals surface area contributed by atoms with Crippen LogP contribution in [0.25, 0.3) is 0 Å². The van der Waals surface area contributed by atoms with Crippen LogP contribution in [0.15, 0.2) is 48.6 Å². The number of ether oxygens (including phenoxy) is 1. The molecule has 500 valence electrons. The van der Waals surface area contributed by atoms with E-state index in [0.717, 1.165) is 51.4 Å². The van der Waals surface area contributed by atoms with E-state index < -0.39 is 12.1 Å². The summed E-state index contributed by atoms with van der Waals surface area (Å²) in [5.74, 6) is -0.0563. The lowest BCUT2D eigenvalue weighted by Crippen LogP contribution is -2.45. The third kappa shape index (κ3) is 70.8. The number of amides is 1. The Morgan fingerprint density at radius 2 is 0.588 bits per heavy atom. The second-order valence-corrected chi connectivity index (χ2v) is 26.3. The van der Waals surface area contributed by atoms with Gasteiger partial charge in [0.2, 0.25) is 5.91 Å². The van der Waals surface area contributed by atoms with Crippen molar-refractivity contribution in [2.24, 2.45) is 0 Å². The van der Waals surface area contributed by atoms with Crippen molar-refractivity contribution in [1.29, 1.82) is 0 Å². The Morgan fingerprint density at radius 1 is 0.329 bits per heavy atom. The molecule has 0 spiro atoms. The first-order valence-corrected chi connectivity index (χ1v) is 38.4. The molecule has 6 heteroatoms. The Bertz CT molecular complexity index is 1420. The molecule has 3 N–H and O–H groups in total. The molecule has 2 atom stereocenters. The molecule has 0 rings (SSSR count). The predicted octanol–water partition coefficient (Wildman–Crippen LogP) is 25.2. The fourth-order valence-corrected chi connectivity index (χ4v) is 12.0. The number of allylic oxidation sites excluding steroid dienone is 7. The number of rotatable bonds is 72. The number of esters is 1. The van der Waals surface area contributed by atoms with Gasteiger partial charge in [0.25, 0.3) is 0 Å². The number of nitrogens with one attached hydrogen (secondary N) is 1. The number of carbonyl (C=O) groups excluding carboxylic acids is 2. The summed E-state index contributed by atoms with van der Waals surface area (Å²) in [5, 5.41) is 23.3. The van der Waals surface area contributed by atoms with Crippen LogP contribution in [0.4, 0.5) is 0 Å². The molecule has 0 fully saturated rings. The van der Waals surface area contributed by atoms with Gasteiger partial charge in [0.1, 0.15) is 0 Å². The van der Waals surface area contributed by atoms with Gasteiger partial charge in [-0.15, -0.1) is 0 Å². The average Bonchev–Trinajstić information content (AvgIpc) is 3.51. The molecule has 6 nitrogen and oxygen atoms in total. The highest BCUT2D eigenvalue weighted by Crippen LogP contribution is 2.19. The number of hydrogen-bond donors (Lipinski definition) is 3. The number of unbranched alkanes of at least 4 members (excludes halogenated alkanes) is 55. The van der Waals surface area contributed by atoms with E-state index in [2.05, 4.69) is 55.6 Å². The minimum absolute atomic E-state index is 0.00882. The van der Waals surface area contributed by atoms with Crippen LogP contribution in [0.1, 0.15) is 418 Å². The van der Waals surface area contributed by atoms with Crippen molar-refractivity contribution >= 4 is 11.9 Å². The molecule has 0 bridgehead atoms. The maximum Gasteiger partial charge on any atom is 0.305 e. The van der Waals surface area contributed by atoms with Crippen LogP contribution in [0.5, 0.6) is 0 Å². The molecule has 0 aliphatic carbocycles. The first-order valence-electron chi connectivity index (χ1n) is 38.4. The lowest BCUT2D eigenvalue weighted by atomic mass is 10.0. The standard InChI is InChI=1S/C79H149NO5/c1-3-5-7-9-11-13-15-17-19-21-22-23-33-36-40-43-47-51-55-59-63-67-71-77(82)76(75-81)80-78(83)72-68-64-60-56-52-48-44-41-37-34-31-29-27-25-24-26-28-30-32-35-38-42-46-50-54-58-62-66-70-74-85-79(84)73-69-65-61-57-53-49-45-39-20-18-16-14-12-10-8-6-4-2/h18,20,24,26,30,32,67,71,76-77,81-82H,3-17,19,21-23,25,27-29,31,33-66,68-70,72-75H2,1-2H3,(H,80,83)/b20-18-,26-24-,32-30-,71-67+. The molecule has 0 aliphatic rings. The molecule has 0 aromatic heterocycles. The molecule has 0 radical (unpaired) electrons. The highest BCUT2D eigenvalue weighted by Gasteiger charge is 2.18. The fourth-order valence-electron chi connectivity index (χ4n) is 12.0. The monoisotopic (exact) mass is 1190 g/mol. The Labute approximate surface area is 531 Å². The van der Waals surface area contributed by atoms with Gasteiger partial charge in [0, 0.05) is 12.8 Å². The predicted molar refractivity (Wildman–Crippen MR) is 375 cm³/mol. The van der Waals surface area contributed by atoms with Gasteiger partial charge in [-0.2, -0.15) is 0 Å². The summed E-state index contributed by atoms with van der Waals surface area (Å²) in [5.41, 5.74) is 0. The third-order valence-electron chi connectivity index (χ3n) is 17.8. The maximum atomic E-state index is 12.5. The molecule has 2 unspecified atom stereocenters.